The molecule has 0 saturated carbocycles. The fourth-order valence-electron chi connectivity index (χ4n) is 2.15. The summed E-state index contributed by atoms with van der Waals surface area (Å²) in [5.41, 5.74) is 3.01. The van der Waals surface area contributed by atoms with Crippen LogP contribution in [0.25, 0.3) is 0 Å². The first-order chi connectivity index (χ1) is 9.79. The molecule has 0 aromatic heterocycles. The molecule has 2 nitrogen and oxygen atoms in total. The van der Waals surface area contributed by atoms with Crippen LogP contribution in [0.15, 0.2) is 53.4 Å². The van der Waals surface area contributed by atoms with Gasteiger partial charge in [0.2, 0.25) is 0 Å². The van der Waals surface area contributed by atoms with E-state index in [0.29, 0.717) is 10.8 Å². The molecular formula is C17H19ClO2S. The van der Waals surface area contributed by atoms with E-state index in [4.69, 9.17) is 11.6 Å². The van der Waals surface area contributed by atoms with Gasteiger partial charge in [0.25, 0.3) is 0 Å². The van der Waals surface area contributed by atoms with Gasteiger partial charge in [0.15, 0.2) is 9.84 Å². The van der Waals surface area contributed by atoms with Crippen molar-refractivity contribution < 1.29 is 8.42 Å². The van der Waals surface area contributed by atoms with Crippen molar-refractivity contribution in [2.75, 3.05) is 6.26 Å². The van der Waals surface area contributed by atoms with Crippen molar-refractivity contribution >= 4 is 21.4 Å². The third kappa shape index (κ3) is 3.86. The number of alkyl halides is 1. The van der Waals surface area contributed by atoms with E-state index in [2.05, 4.69) is 26.0 Å². The molecular weight excluding hydrogens is 304 g/mol. The van der Waals surface area contributed by atoms with Crippen LogP contribution in [0.4, 0.5) is 0 Å². The summed E-state index contributed by atoms with van der Waals surface area (Å²) in [7, 11) is -3.22. The highest BCUT2D eigenvalue weighted by molar-refractivity contribution is 7.90. The van der Waals surface area contributed by atoms with Crippen molar-refractivity contribution in [3.05, 3.63) is 65.2 Å². The van der Waals surface area contributed by atoms with E-state index in [9.17, 15) is 8.42 Å². The van der Waals surface area contributed by atoms with Gasteiger partial charge in [0.1, 0.15) is 0 Å². The summed E-state index contributed by atoms with van der Waals surface area (Å²) < 4.78 is 23.2. The molecule has 2 rings (SSSR count). The van der Waals surface area contributed by atoms with Crippen molar-refractivity contribution in [3.8, 4) is 0 Å². The molecule has 0 heterocycles. The highest BCUT2D eigenvalue weighted by Gasteiger charge is 2.14. The van der Waals surface area contributed by atoms with E-state index in [0.717, 1.165) is 11.1 Å². The van der Waals surface area contributed by atoms with E-state index >= 15 is 0 Å². The lowest BCUT2D eigenvalue weighted by molar-refractivity contribution is 0.601. The summed E-state index contributed by atoms with van der Waals surface area (Å²) in [6.07, 6.45) is 1.20. The summed E-state index contributed by atoms with van der Waals surface area (Å²) in [5, 5.41) is -0.354. The number of sulfone groups is 1. The van der Waals surface area contributed by atoms with Gasteiger partial charge >= 0.3 is 0 Å². The maximum absolute atomic E-state index is 11.6. The first kappa shape index (κ1) is 16.1. The summed E-state index contributed by atoms with van der Waals surface area (Å²) in [6, 6.07) is 14.9. The van der Waals surface area contributed by atoms with Gasteiger partial charge in [-0.05, 0) is 34.7 Å². The number of rotatable bonds is 4. The second-order valence-electron chi connectivity index (χ2n) is 5.53. The average Bonchev–Trinajstić information content (AvgIpc) is 2.46. The predicted octanol–water partition coefficient (Wildman–Crippen LogP) is 4.54. The molecule has 0 aliphatic carbocycles. The summed E-state index contributed by atoms with van der Waals surface area (Å²) in [5.74, 6) is 0.474. The predicted molar refractivity (Wildman–Crippen MR) is 87.8 cm³/mol. The van der Waals surface area contributed by atoms with Gasteiger partial charge in [-0.1, -0.05) is 50.2 Å². The number of halogens is 1. The van der Waals surface area contributed by atoms with Crippen molar-refractivity contribution in [3.63, 3.8) is 0 Å². The number of benzene rings is 2. The number of hydrogen-bond donors (Lipinski definition) is 0. The summed E-state index contributed by atoms with van der Waals surface area (Å²) in [6.45, 7) is 4.28. The van der Waals surface area contributed by atoms with Gasteiger partial charge in [-0.15, -0.1) is 11.6 Å². The van der Waals surface area contributed by atoms with Crippen molar-refractivity contribution in [1.82, 2.24) is 0 Å². The quantitative estimate of drug-likeness (QED) is 0.774. The van der Waals surface area contributed by atoms with E-state index in [-0.39, 0.29) is 5.38 Å². The van der Waals surface area contributed by atoms with Gasteiger partial charge in [-0.3, -0.25) is 0 Å². The lowest BCUT2D eigenvalue weighted by atomic mass is 9.98. The van der Waals surface area contributed by atoms with Crippen molar-refractivity contribution in [2.24, 2.45) is 0 Å². The lowest BCUT2D eigenvalue weighted by Crippen LogP contribution is -2.00. The van der Waals surface area contributed by atoms with Crippen LogP contribution in [0.3, 0.4) is 0 Å². The van der Waals surface area contributed by atoms with E-state index in [1.54, 1.807) is 18.2 Å². The van der Waals surface area contributed by atoms with Crippen LogP contribution in [0, 0.1) is 0 Å². The molecule has 0 radical (unpaired) electrons. The molecule has 0 bridgehead atoms. The third-order valence-corrected chi connectivity index (χ3v) is 5.09. The summed E-state index contributed by atoms with van der Waals surface area (Å²) >= 11 is 6.49. The second kappa shape index (κ2) is 6.20. The third-order valence-electron chi connectivity index (χ3n) is 3.47. The molecule has 0 spiro atoms. The Morgan fingerprint density at radius 1 is 0.905 bits per heavy atom. The molecule has 0 aliphatic rings. The molecule has 0 saturated heterocycles. The Morgan fingerprint density at radius 2 is 1.48 bits per heavy atom. The van der Waals surface area contributed by atoms with E-state index in [1.807, 2.05) is 18.2 Å². The smallest absolute Gasteiger partial charge is 0.175 e. The highest BCUT2D eigenvalue weighted by atomic mass is 35.5. The van der Waals surface area contributed by atoms with Crippen LogP contribution in [-0.2, 0) is 9.84 Å². The Bertz CT molecular complexity index is 719. The van der Waals surface area contributed by atoms with Gasteiger partial charge in [0, 0.05) is 6.26 Å². The topological polar surface area (TPSA) is 34.1 Å². The second-order valence-corrected chi connectivity index (χ2v) is 7.98. The van der Waals surface area contributed by atoms with Crippen LogP contribution in [0.2, 0.25) is 0 Å². The number of hydrogen-bond acceptors (Lipinski definition) is 2. The van der Waals surface area contributed by atoms with Gasteiger partial charge in [-0.2, -0.15) is 0 Å². The molecule has 2 aromatic carbocycles. The molecule has 21 heavy (non-hydrogen) atoms. The SMILES string of the molecule is CC(C)c1ccc(C(Cl)c2cccc(S(C)(=O)=O)c2)cc1. The fourth-order valence-corrected chi connectivity index (χ4v) is 3.10. The monoisotopic (exact) mass is 322 g/mol. The Kier molecular flexibility index (Phi) is 4.74. The lowest BCUT2D eigenvalue weighted by Gasteiger charge is -2.13. The van der Waals surface area contributed by atoms with Gasteiger partial charge in [-0.25, -0.2) is 8.42 Å². The van der Waals surface area contributed by atoms with Gasteiger partial charge < -0.3 is 0 Å². The molecule has 2 aromatic rings. The first-order valence-electron chi connectivity index (χ1n) is 6.83. The molecule has 1 unspecified atom stereocenters. The van der Waals surface area contributed by atoms with Crippen LogP contribution in [-0.4, -0.2) is 14.7 Å². The molecule has 0 N–H and O–H groups in total. The maximum Gasteiger partial charge on any atom is 0.175 e. The molecule has 4 heteroatoms. The zero-order chi connectivity index (χ0) is 15.6. The Hall–Kier alpha value is -1.32. The first-order valence-corrected chi connectivity index (χ1v) is 9.16. The van der Waals surface area contributed by atoms with Crippen LogP contribution in [0.5, 0.6) is 0 Å². The van der Waals surface area contributed by atoms with E-state index < -0.39 is 9.84 Å². The van der Waals surface area contributed by atoms with Crippen molar-refractivity contribution in [1.29, 1.82) is 0 Å². The molecule has 112 valence electrons. The van der Waals surface area contributed by atoms with Gasteiger partial charge in [0.05, 0.1) is 10.3 Å². The molecule has 1 atom stereocenters. The van der Waals surface area contributed by atoms with E-state index in [1.165, 1.54) is 11.8 Å². The van der Waals surface area contributed by atoms with Crippen LogP contribution < -0.4 is 0 Å². The Morgan fingerprint density at radius 3 is 2.00 bits per heavy atom. The Labute approximate surface area is 131 Å². The van der Waals surface area contributed by atoms with Crippen LogP contribution >= 0.6 is 11.6 Å². The van der Waals surface area contributed by atoms with Crippen molar-refractivity contribution in [2.45, 2.75) is 30.0 Å². The zero-order valence-corrected chi connectivity index (χ0v) is 13.9. The maximum atomic E-state index is 11.6. The fraction of sp³-hybridized carbons (Fsp3) is 0.294. The minimum absolute atomic E-state index is 0.296. The molecule has 0 aliphatic heterocycles. The normalized spacial score (nSPS) is 13.4. The molecule has 0 amide bonds. The summed E-state index contributed by atoms with van der Waals surface area (Å²) in [4.78, 5) is 0.296. The molecule has 0 fully saturated rings. The van der Waals surface area contributed by atoms with Crippen LogP contribution in [0.1, 0.15) is 41.8 Å². The highest BCUT2D eigenvalue weighted by Crippen LogP contribution is 2.30. The minimum atomic E-state index is -3.22. The largest absolute Gasteiger partial charge is 0.224 e. The Balaban J connectivity index is 2.33. The average molecular weight is 323 g/mol. The zero-order valence-electron chi connectivity index (χ0n) is 12.4. The standard InChI is InChI=1S/C17H19ClO2S/c1-12(2)13-7-9-14(10-8-13)17(18)15-5-4-6-16(11-15)21(3,19)20/h4-12,17H,1-3H3. The minimum Gasteiger partial charge on any atom is -0.224 e.